The third-order valence-corrected chi connectivity index (χ3v) is 14.5. The molecule has 1 nitrogen and oxygen atoms in total. The standard InChI is InChI=1S/C60H42O/c1-59(2)51-23-13-12-17-40(51)49-33-37(29-32-53(49)59)55-43-20-8-6-18-41(43)54(42-19-7-9-21-44(42)55)36-27-25-35(26-28-36)48-34-50-47-31-30-45-39-16-11-14-24-52(39)60(3,4)56(45)58(47)61-57(50)46-22-10-5-15-38(46)48/h5-34H,1-4H3. The normalized spacial score (nSPS) is 14.5. The zero-order chi connectivity index (χ0) is 40.8. The Bertz CT molecular complexity index is 3630. The Balaban J connectivity index is 0.977. The highest BCUT2D eigenvalue weighted by Gasteiger charge is 2.39. The van der Waals surface area contributed by atoms with Gasteiger partial charge in [-0.05, 0) is 117 Å². The van der Waals surface area contributed by atoms with E-state index in [1.165, 1.54) is 110 Å². The lowest BCUT2D eigenvalue weighted by atomic mass is 9.81. The van der Waals surface area contributed by atoms with Crippen LogP contribution in [-0.4, -0.2) is 0 Å². The van der Waals surface area contributed by atoms with Crippen LogP contribution in [0.4, 0.5) is 0 Å². The monoisotopic (exact) mass is 778 g/mol. The molecule has 61 heavy (non-hydrogen) atoms. The molecule has 0 bridgehead atoms. The van der Waals surface area contributed by atoms with Crippen molar-refractivity contribution in [2.45, 2.75) is 38.5 Å². The second kappa shape index (κ2) is 12.2. The van der Waals surface area contributed by atoms with Crippen molar-refractivity contribution in [1.82, 2.24) is 0 Å². The molecule has 1 heteroatoms. The summed E-state index contributed by atoms with van der Waals surface area (Å²) in [6.45, 7) is 9.38. The molecule has 1 aromatic heterocycles. The van der Waals surface area contributed by atoms with Gasteiger partial charge in [-0.2, -0.15) is 0 Å². The van der Waals surface area contributed by atoms with Crippen LogP contribution >= 0.6 is 0 Å². The first kappa shape index (κ1) is 34.6. The van der Waals surface area contributed by atoms with Crippen LogP contribution in [0.3, 0.4) is 0 Å². The van der Waals surface area contributed by atoms with Gasteiger partial charge < -0.3 is 4.42 Å². The maximum Gasteiger partial charge on any atom is 0.143 e. The van der Waals surface area contributed by atoms with Gasteiger partial charge in [0.25, 0.3) is 0 Å². The van der Waals surface area contributed by atoms with Crippen molar-refractivity contribution >= 4 is 54.3 Å². The predicted molar refractivity (Wildman–Crippen MR) is 258 cm³/mol. The summed E-state index contributed by atoms with van der Waals surface area (Å²) in [5, 5.41) is 9.74. The molecule has 11 aromatic rings. The Morgan fingerprint density at radius 2 is 0.770 bits per heavy atom. The molecule has 0 N–H and O–H groups in total. The first-order valence-corrected chi connectivity index (χ1v) is 21.6. The minimum atomic E-state index is -0.162. The Hall–Kier alpha value is -7.22. The Morgan fingerprint density at radius 1 is 0.295 bits per heavy atom. The molecule has 288 valence electrons. The molecule has 1 heterocycles. The fourth-order valence-electron chi connectivity index (χ4n) is 11.6. The summed E-state index contributed by atoms with van der Waals surface area (Å²) in [7, 11) is 0. The maximum atomic E-state index is 7.01. The predicted octanol–water partition coefficient (Wildman–Crippen LogP) is 16.7. The molecular weight excluding hydrogens is 737 g/mol. The number of rotatable bonds is 3. The molecule has 0 amide bonds. The van der Waals surface area contributed by atoms with Crippen LogP contribution in [0.1, 0.15) is 49.9 Å². The van der Waals surface area contributed by atoms with E-state index < -0.39 is 0 Å². The van der Waals surface area contributed by atoms with E-state index in [-0.39, 0.29) is 10.8 Å². The SMILES string of the molecule is CC1(C)c2ccccc2-c2cc(-c3c4ccccc4c(-c4ccc(-c5cc6c7ccc8c(c7oc6c6ccccc56)C(C)(C)c5ccccc5-8)cc4)c4ccccc34)ccc21. The van der Waals surface area contributed by atoms with Crippen LogP contribution < -0.4 is 0 Å². The van der Waals surface area contributed by atoms with Gasteiger partial charge in [0.05, 0.1) is 0 Å². The fourth-order valence-corrected chi connectivity index (χ4v) is 11.6. The third kappa shape index (κ3) is 4.61. The highest BCUT2D eigenvalue weighted by atomic mass is 16.3. The van der Waals surface area contributed by atoms with Crippen LogP contribution in [0, 0.1) is 0 Å². The molecule has 13 rings (SSSR count). The molecule has 0 saturated heterocycles. The van der Waals surface area contributed by atoms with Gasteiger partial charge in [-0.25, -0.2) is 0 Å². The molecule has 2 aliphatic carbocycles. The summed E-state index contributed by atoms with van der Waals surface area (Å²) < 4.78 is 7.01. The van der Waals surface area contributed by atoms with Crippen molar-refractivity contribution in [3.63, 3.8) is 0 Å². The van der Waals surface area contributed by atoms with Crippen molar-refractivity contribution < 1.29 is 4.42 Å². The van der Waals surface area contributed by atoms with E-state index in [1.807, 2.05) is 0 Å². The third-order valence-electron chi connectivity index (χ3n) is 14.5. The number of fused-ring (bicyclic) bond motifs is 14. The molecular formula is C60H42O. The Kier molecular flexibility index (Phi) is 6.91. The van der Waals surface area contributed by atoms with E-state index in [0.29, 0.717) is 0 Å². The fraction of sp³-hybridized carbons (Fsp3) is 0.100. The quantitative estimate of drug-likeness (QED) is 0.163. The number of hydrogen-bond acceptors (Lipinski definition) is 1. The van der Waals surface area contributed by atoms with Crippen molar-refractivity contribution in [3.8, 4) is 55.6 Å². The van der Waals surface area contributed by atoms with E-state index in [1.54, 1.807) is 0 Å². The Labute approximate surface area is 355 Å². The molecule has 0 aliphatic heterocycles. The zero-order valence-electron chi connectivity index (χ0n) is 34.7. The Morgan fingerprint density at radius 3 is 1.43 bits per heavy atom. The molecule has 0 unspecified atom stereocenters. The summed E-state index contributed by atoms with van der Waals surface area (Å²) in [4.78, 5) is 0. The topological polar surface area (TPSA) is 13.1 Å². The summed E-state index contributed by atoms with van der Waals surface area (Å²) in [6.07, 6.45) is 0. The number of benzene rings is 10. The highest BCUT2D eigenvalue weighted by molar-refractivity contribution is 6.23. The zero-order valence-corrected chi connectivity index (χ0v) is 34.7. The van der Waals surface area contributed by atoms with Gasteiger partial charge in [-0.1, -0.05) is 191 Å². The van der Waals surface area contributed by atoms with Crippen LogP contribution in [0.15, 0.2) is 186 Å². The summed E-state index contributed by atoms with van der Waals surface area (Å²) >= 11 is 0. The van der Waals surface area contributed by atoms with Crippen LogP contribution in [0.2, 0.25) is 0 Å². The lowest BCUT2D eigenvalue weighted by Gasteiger charge is -2.22. The lowest BCUT2D eigenvalue weighted by molar-refractivity contribution is 0.621. The summed E-state index contributed by atoms with van der Waals surface area (Å²) in [5.74, 6) is 0. The summed E-state index contributed by atoms with van der Waals surface area (Å²) in [5.41, 5.74) is 19.9. The number of hydrogen-bond donors (Lipinski definition) is 0. The van der Waals surface area contributed by atoms with Crippen LogP contribution in [0.25, 0.3) is 110 Å². The van der Waals surface area contributed by atoms with Crippen molar-refractivity contribution in [3.05, 3.63) is 204 Å². The van der Waals surface area contributed by atoms with E-state index in [9.17, 15) is 0 Å². The van der Waals surface area contributed by atoms with E-state index in [2.05, 4.69) is 210 Å². The maximum absolute atomic E-state index is 7.01. The van der Waals surface area contributed by atoms with Gasteiger partial charge in [-0.15, -0.1) is 0 Å². The average molecular weight is 779 g/mol. The lowest BCUT2D eigenvalue weighted by Crippen LogP contribution is -2.15. The molecule has 2 aliphatic rings. The van der Waals surface area contributed by atoms with Crippen LogP contribution in [-0.2, 0) is 10.8 Å². The first-order chi connectivity index (χ1) is 29.8. The molecule has 0 fully saturated rings. The van der Waals surface area contributed by atoms with Gasteiger partial charge in [-0.3, -0.25) is 0 Å². The van der Waals surface area contributed by atoms with Gasteiger partial charge >= 0.3 is 0 Å². The first-order valence-electron chi connectivity index (χ1n) is 21.6. The van der Waals surface area contributed by atoms with Gasteiger partial charge in [0.1, 0.15) is 11.2 Å². The number of furan rings is 1. The van der Waals surface area contributed by atoms with Gasteiger partial charge in [0.2, 0.25) is 0 Å². The highest BCUT2D eigenvalue weighted by Crippen LogP contribution is 2.54. The minimum Gasteiger partial charge on any atom is -0.455 e. The van der Waals surface area contributed by atoms with E-state index in [0.717, 1.165) is 21.9 Å². The second-order valence-corrected chi connectivity index (χ2v) is 18.3. The molecule has 0 saturated carbocycles. The molecule has 10 aromatic carbocycles. The molecule has 0 radical (unpaired) electrons. The second-order valence-electron chi connectivity index (χ2n) is 18.3. The minimum absolute atomic E-state index is 0.0284. The van der Waals surface area contributed by atoms with Crippen molar-refractivity contribution in [2.75, 3.05) is 0 Å². The van der Waals surface area contributed by atoms with Gasteiger partial charge in [0, 0.05) is 32.6 Å². The van der Waals surface area contributed by atoms with Gasteiger partial charge in [0.15, 0.2) is 0 Å². The summed E-state index contributed by atoms with van der Waals surface area (Å²) in [6, 6.07) is 67.9. The largest absolute Gasteiger partial charge is 0.455 e. The smallest absolute Gasteiger partial charge is 0.143 e. The molecule has 0 spiro atoms. The average Bonchev–Trinajstić information content (AvgIpc) is 3.87. The van der Waals surface area contributed by atoms with E-state index in [4.69, 9.17) is 4.42 Å². The van der Waals surface area contributed by atoms with Crippen LogP contribution in [0.5, 0.6) is 0 Å². The van der Waals surface area contributed by atoms with E-state index >= 15 is 0 Å². The molecule has 0 atom stereocenters. The van der Waals surface area contributed by atoms with Crippen molar-refractivity contribution in [1.29, 1.82) is 0 Å². The van der Waals surface area contributed by atoms with Crippen molar-refractivity contribution in [2.24, 2.45) is 0 Å².